The van der Waals surface area contributed by atoms with Gasteiger partial charge in [0, 0.05) is 22.5 Å². The van der Waals surface area contributed by atoms with Gasteiger partial charge in [-0.05, 0) is 88.0 Å². The normalized spacial score (nSPS) is 12.9. The van der Waals surface area contributed by atoms with Crippen LogP contribution in [-0.4, -0.2) is 4.98 Å². The van der Waals surface area contributed by atoms with Crippen LogP contribution < -0.4 is 0 Å². The van der Waals surface area contributed by atoms with Gasteiger partial charge in [0.25, 0.3) is 0 Å². The number of aromatic nitrogens is 1. The van der Waals surface area contributed by atoms with Crippen LogP contribution in [0.25, 0.3) is 44.2 Å². The summed E-state index contributed by atoms with van der Waals surface area (Å²) in [5, 5.41) is 11.6. The molecule has 0 bridgehead atoms. The molecule has 1 unspecified atom stereocenters. The highest BCUT2D eigenvalue weighted by molar-refractivity contribution is 6.06. The topological polar surface area (TPSA) is 49.8 Å². The van der Waals surface area contributed by atoms with Gasteiger partial charge in [0.2, 0.25) is 0 Å². The molecule has 5 aromatic carbocycles. The fourth-order valence-electron chi connectivity index (χ4n) is 7.15. The summed E-state index contributed by atoms with van der Waals surface area (Å²) in [5.74, 6) is 0.504. The lowest BCUT2D eigenvalue weighted by Crippen LogP contribution is -2.30. The van der Waals surface area contributed by atoms with Crippen molar-refractivity contribution in [3.8, 4) is 28.3 Å². The van der Waals surface area contributed by atoms with Crippen molar-refractivity contribution >= 4 is 21.9 Å². The predicted octanol–water partition coefficient (Wildman–Crippen LogP) is 11.8. The fraction of sp³-hybridized carbons (Fsp3) is 0.182. The van der Waals surface area contributed by atoms with Crippen molar-refractivity contribution in [3.05, 3.63) is 161 Å². The lowest BCUT2D eigenvalue weighted by atomic mass is 9.66. The van der Waals surface area contributed by atoms with E-state index in [0.717, 1.165) is 33.2 Å². The van der Waals surface area contributed by atoms with Gasteiger partial charge >= 0.3 is 0 Å². The number of pyridine rings is 1. The van der Waals surface area contributed by atoms with Crippen LogP contribution in [0.3, 0.4) is 0 Å². The van der Waals surface area contributed by atoms with E-state index in [2.05, 4.69) is 138 Å². The summed E-state index contributed by atoms with van der Waals surface area (Å²) < 4.78 is 6.68. The molecular formula is C44H38N2O. The molecule has 2 aromatic heterocycles. The van der Waals surface area contributed by atoms with Gasteiger partial charge in [0.05, 0.1) is 22.7 Å². The predicted molar refractivity (Wildman–Crippen MR) is 194 cm³/mol. The number of hydrogen-bond donors (Lipinski definition) is 0. The molecule has 0 aliphatic carbocycles. The maximum absolute atomic E-state index is 9.59. The van der Waals surface area contributed by atoms with Gasteiger partial charge in [0.15, 0.2) is 0 Å². The molecule has 0 amide bonds. The molecule has 0 radical (unpaired) electrons. The molecule has 0 N–H and O–H groups in total. The van der Waals surface area contributed by atoms with Gasteiger partial charge in [0.1, 0.15) is 11.2 Å². The number of rotatable bonds is 7. The number of furan rings is 1. The maximum atomic E-state index is 9.59. The van der Waals surface area contributed by atoms with E-state index in [9.17, 15) is 5.26 Å². The average Bonchev–Trinajstić information content (AvgIpc) is 3.49. The molecule has 3 heteroatoms. The van der Waals surface area contributed by atoms with Crippen LogP contribution in [0.2, 0.25) is 0 Å². The zero-order valence-electron chi connectivity index (χ0n) is 27.6. The monoisotopic (exact) mass is 610 g/mol. The van der Waals surface area contributed by atoms with Crippen LogP contribution in [-0.2, 0) is 5.41 Å². The summed E-state index contributed by atoms with van der Waals surface area (Å²) >= 11 is 0. The van der Waals surface area contributed by atoms with E-state index in [1.807, 2.05) is 30.5 Å². The smallest absolute Gasteiger partial charge is 0.139 e. The van der Waals surface area contributed by atoms with E-state index in [4.69, 9.17) is 9.40 Å². The highest BCUT2D eigenvalue weighted by Crippen LogP contribution is 2.49. The zero-order valence-corrected chi connectivity index (χ0v) is 27.6. The molecule has 47 heavy (non-hydrogen) atoms. The van der Waals surface area contributed by atoms with Crippen molar-refractivity contribution in [3.63, 3.8) is 0 Å². The van der Waals surface area contributed by atoms with Crippen LogP contribution in [0, 0.1) is 11.3 Å². The van der Waals surface area contributed by atoms with E-state index in [-0.39, 0.29) is 11.8 Å². The van der Waals surface area contributed by atoms with Crippen LogP contribution >= 0.6 is 0 Å². The molecule has 230 valence electrons. The van der Waals surface area contributed by atoms with Gasteiger partial charge in [-0.25, -0.2) is 0 Å². The summed E-state index contributed by atoms with van der Waals surface area (Å²) in [7, 11) is 0. The van der Waals surface area contributed by atoms with Gasteiger partial charge in [-0.1, -0.05) is 119 Å². The minimum absolute atomic E-state index is 0.252. The molecule has 0 aliphatic rings. The van der Waals surface area contributed by atoms with E-state index >= 15 is 0 Å². The SMILES string of the molecule is CC(C)c1cc(-c2ccc(-c3ccccc3)cc2)cc(C(C)C)c1C(C)(c1ccccn1)c1cccc2c1oc1cc(C#N)ccc12. The van der Waals surface area contributed by atoms with Crippen molar-refractivity contribution in [2.45, 2.75) is 51.9 Å². The molecular weight excluding hydrogens is 572 g/mol. The summed E-state index contributed by atoms with van der Waals surface area (Å²) in [5.41, 5.74) is 12.2. The first-order valence-electron chi connectivity index (χ1n) is 16.4. The fourth-order valence-corrected chi connectivity index (χ4v) is 7.15. The average molecular weight is 611 g/mol. The second-order valence-corrected chi connectivity index (χ2v) is 13.2. The molecule has 7 rings (SSSR count). The molecule has 3 nitrogen and oxygen atoms in total. The first-order valence-corrected chi connectivity index (χ1v) is 16.4. The van der Waals surface area contributed by atoms with Gasteiger partial charge < -0.3 is 4.42 Å². The van der Waals surface area contributed by atoms with Crippen LogP contribution in [0.5, 0.6) is 0 Å². The summed E-state index contributed by atoms with van der Waals surface area (Å²) in [6.45, 7) is 11.5. The Labute approximate surface area is 277 Å². The Kier molecular flexibility index (Phi) is 7.74. The number of benzene rings is 5. The Bertz CT molecular complexity index is 2230. The molecule has 0 saturated heterocycles. The molecule has 1 atom stereocenters. The van der Waals surface area contributed by atoms with E-state index in [1.165, 1.54) is 38.9 Å². The molecule has 7 aromatic rings. The number of nitriles is 1. The third-order valence-electron chi connectivity index (χ3n) is 9.61. The van der Waals surface area contributed by atoms with Crippen LogP contribution in [0.15, 0.2) is 132 Å². The third-order valence-corrected chi connectivity index (χ3v) is 9.61. The molecule has 2 heterocycles. The minimum atomic E-state index is -0.637. The zero-order chi connectivity index (χ0) is 32.7. The summed E-state index contributed by atoms with van der Waals surface area (Å²) in [4.78, 5) is 5.03. The lowest BCUT2D eigenvalue weighted by Gasteiger charge is -2.37. The highest BCUT2D eigenvalue weighted by Gasteiger charge is 2.40. The van der Waals surface area contributed by atoms with Crippen LogP contribution in [0.1, 0.15) is 80.0 Å². The summed E-state index contributed by atoms with van der Waals surface area (Å²) in [6.07, 6.45) is 1.89. The third kappa shape index (κ3) is 5.21. The molecule has 0 aliphatic heterocycles. The second-order valence-electron chi connectivity index (χ2n) is 13.2. The Morgan fingerprint density at radius 1 is 0.638 bits per heavy atom. The van der Waals surface area contributed by atoms with Gasteiger partial charge in [-0.2, -0.15) is 5.26 Å². The highest BCUT2D eigenvalue weighted by atomic mass is 16.3. The Morgan fingerprint density at radius 3 is 1.89 bits per heavy atom. The number of nitrogens with zero attached hydrogens (tertiary/aromatic N) is 2. The minimum Gasteiger partial charge on any atom is -0.456 e. The standard InChI is InChI=1S/C44H38N2O/c1-28(2)37-25-34(33-20-18-32(19-21-33)31-12-7-6-8-13-31)26-38(29(3)4)42(37)44(5,41-16-9-10-23-46-41)39-15-11-14-36-35-22-17-30(27-45)24-40(35)47-43(36)39/h6-26,28-29H,1-5H3. The molecule has 0 fully saturated rings. The first kappa shape index (κ1) is 30.2. The van der Waals surface area contributed by atoms with E-state index < -0.39 is 5.41 Å². The van der Waals surface area contributed by atoms with Crippen molar-refractivity contribution in [2.75, 3.05) is 0 Å². The van der Waals surface area contributed by atoms with Crippen LogP contribution in [0.4, 0.5) is 0 Å². The Hall–Kier alpha value is -5.46. The quantitative estimate of drug-likeness (QED) is 0.180. The van der Waals surface area contributed by atoms with Crippen molar-refractivity contribution in [2.24, 2.45) is 0 Å². The number of para-hydroxylation sites is 1. The van der Waals surface area contributed by atoms with E-state index in [0.29, 0.717) is 5.56 Å². The second kappa shape index (κ2) is 12.0. The Morgan fingerprint density at radius 2 is 1.28 bits per heavy atom. The summed E-state index contributed by atoms with van der Waals surface area (Å²) in [6, 6.07) is 44.8. The molecule has 0 saturated carbocycles. The number of fused-ring (bicyclic) bond motifs is 3. The van der Waals surface area contributed by atoms with Crippen molar-refractivity contribution in [1.29, 1.82) is 5.26 Å². The van der Waals surface area contributed by atoms with Gasteiger partial charge in [-0.15, -0.1) is 0 Å². The Balaban J connectivity index is 1.50. The van der Waals surface area contributed by atoms with Gasteiger partial charge in [-0.3, -0.25) is 4.98 Å². The van der Waals surface area contributed by atoms with Crippen molar-refractivity contribution < 1.29 is 4.42 Å². The number of hydrogen-bond acceptors (Lipinski definition) is 3. The van der Waals surface area contributed by atoms with E-state index in [1.54, 1.807) is 0 Å². The maximum Gasteiger partial charge on any atom is 0.139 e. The van der Waals surface area contributed by atoms with Crippen molar-refractivity contribution in [1.82, 2.24) is 4.98 Å². The first-order chi connectivity index (χ1) is 22.8. The molecule has 0 spiro atoms. The largest absolute Gasteiger partial charge is 0.456 e. The lowest BCUT2D eigenvalue weighted by molar-refractivity contribution is 0.604.